The maximum atomic E-state index is 5.75. The van der Waals surface area contributed by atoms with E-state index in [1.54, 1.807) is 11.3 Å². The molecule has 1 atom stereocenters. The van der Waals surface area contributed by atoms with E-state index < -0.39 is 0 Å². The molecule has 3 heteroatoms. The van der Waals surface area contributed by atoms with Crippen molar-refractivity contribution in [3.8, 4) is 0 Å². The lowest BCUT2D eigenvalue weighted by atomic mass is 9.70. The largest absolute Gasteiger partial charge is 0.375 e. The highest BCUT2D eigenvalue weighted by molar-refractivity contribution is 7.15. The zero-order chi connectivity index (χ0) is 11.1. The van der Waals surface area contributed by atoms with Crippen LogP contribution in [0.25, 0.3) is 0 Å². The van der Waals surface area contributed by atoms with Crippen LogP contribution in [-0.2, 0) is 12.8 Å². The van der Waals surface area contributed by atoms with Crippen molar-refractivity contribution < 1.29 is 0 Å². The minimum atomic E-state index is 0.441. The first-order valence-electron chi connectivity index (χ1n) is 5.77. The average molecular weight is 224 g/mol. The SMILES string of the molecule is CCC(C)(C)C1CCc2sc(N)nc2C1. The van der Waals surface area contributed by atoms with Gasteiger partial charge in [0.25, 0.3) is 0 Å². The number of aryl methyl sites for hydroxylation is 1. The molecule has 1 aromatic heterocycles. The van der Waals surface area contributed by atoms with E-state index >= 15 is 0 Å². The van der Waals surface area contributed by atoms with Gasteiger partial charge in [-0.15, -0.1) is 11.3 Å². The van der Waals surface area contributed by atoms with Crippen molar-refractivity contribution >= 4 is 16.5 Å². The molecular weight excluding hydrogens is 204 g/mol. The molecule has 0 radical (unpaired) electrons. The number of nitrogen functional groups attached to an aromatic ring is 1. The van der Waals surface area contributed by atoms with Crippen LogP contribution in [0.1, 0.15) is 44.2 Å². The summed E-state index contributed by atoms with van der Waals surface area (Å²) in [4.78, 5) is 5.87. The summed E-state index contributed by atoms with van der Waals surface area (Å²) in [6.07, 6.45) is 4.85. The first kappa shape index (κ1) is 10.9. The molecule has 0 saturated heterocycles. The Morgan fingerprint density at radius 1 is 1.53 bits per heavy atom. The van der Waals surface area contributed by atoms with Gasteiger partial charge in [0.15, 0.2) is 5.13 Å². The number of nitrogens with two attached hydrogens (primary N) is 1. The quantitative estimate of drug-likeness (QED) is 0.837. The minimum absolute atomic E-state index is 0.441. The fourth-order valence-corrected chi connectivity index (χ4v) is 3.23. The van der Waals surface area contributed by atoms with Gasteiger partial charge in [0.2, 0.25) is 0 Å². The fraction of sp³-hybridized carbons (Fsp3) is 0.750. The van der Waals surface area contributed by atoms with Gasteiger partial charge in [0.05, 0.1) is 5.69 Å². The summed E-state index contributed by atoms with van der Waals surface area (Å²) in [6.45, 7) is 7.03. The smallest absolute Gasteiger partial charge is 0.180 e. The standard InChI is InChI=1S/C12H20N2S/c1-4-12(2,3)8-5-6-10-9(7-8)14-11(13)15-10/h8H,4-7H2,1-3H3,(H2,13,14). The van der Waals surface area contributed by atoms with Crippen molar-refractivity contribution in [1.29, 1.82) is 0 Å². The number of nitrogens with zero attached hydrogens (tertiary/aromatic N) is 1. The number of hydrogen-bond donors (Lipinski definition) is 1. The van der Waals surface area contributed by atoms with Crippen molar-refractivity contribution in [3.05, 3.63) is 10.6 Å². The Balaban J connectivity index is 2.18. The van der Waals surface area contributed by atoms with Gasteiger partial charge in [0.1, 0.15) is 0 Å². The van der Waals surface area contributed by atoms with E-state index in [0.717, 1.165) is 17.5 Å². The van der Waals surface area contributed by atoms with Crippen LogP contribution in [0.2, 0.25) is 0 Å². The zero-order valence-corrected chi connectivity index (χ0v) is 10.7. The second-order valence-corrected chi connectivity index (χ2v) is 6.32. The third-order valence-electron chi connectivity index (χ3n) is 3.97. The molecule has 1 aromatic rings. The number of aromatic nitrogens is 1. The fourth-order valence-electron chi connectivity index (χ4n) is 2.35. The van der Waals surface area contributed by atoms with E-state index in [1.165, 1.54) is 29.8 Å². The highest BCUT2D eigenvalue weighted by Crippen LogP contribution is 2.41. The average Bonchev–Trinajstić information content (AvgIpc) is 2.56. The minimum Gasteiger partial charge on any atom is -0.375 e. The summed E-state index contributed by atoms with van der Waals surface area (Å²) in [5.74, 6) is 0.775. The normalized spacial score (nSPS) is 21.4. The van der Waals surface area contributed by atoms with E-state index in [4.69, 9.17) is 5.73 Å². The zero-order valence-electron chi connectivity index (χ0n) is 9.84. The molecule has 0 saturated carbocycles. The van der Waals surface area contributed by atoms with E-state index in [9.17, 15) is 0 Å². The van der Waals surface area contributed by atoms with Crippen molar-refractivity contribution in [2.75, 3.05) is 5.73 Å². The van der Waals surface area contributed by atoms with Crippen LogP contribution in [-0.4, -0.2) is 4.98 Å². The predicted molar refractivity (Wildman–Crippen MR) is 66.1 cm³/mol. The molecule has 1 heterocycles. The first-order chi connectivity index (χ1) is 7.03. The lowest BCUT2D eigenvalue weighted by Crippen LogP contribution is -2.28. The Bertz CT molecular complexity index is 355. The molecule has 0 spiro atoms. The van der Waals surface area contributed by atoms with Gasteiger partial charge in [-0.1, -0.05) is 27.2 Å². The monoisotopic (exact) mass is 224 g/mol. The highest BCUT2D eigenvalue weighted by atomic mass is 32.1. The Labute approximate surface area is 95.9 Å². The van der Waals surface area contributed by atoms with Crippen LogP contribution in [0.4, 0.5) is 5.13 Å². The van der Waals surface area contributed by atoms with Crippen molar-refractivity contribution in [2.45, 2.75) is 46.5 Å². The molecular formula is C12H20N2S. The summed E-state index contributed by atoms with van der Waals surface area (Å²) in [5, 5.41) is 0.745. The molecule has 84 valence electrons. The van der Waals surface area contributed by atoms with Crippen LogP contribution in [0.3, 0.4) is 0 Å². The number of hydrogen-bond acceptors (Lipinski definition) is 3. The Morgan fingerprint density at radius 2 is 2.27 bits per heavy atom. The highest BCUT2D eigenvalue weighted by Gasteiger charge is 2.32. The summed E-state index contributed by atoms with van der Waals surface area (Å²) in [5.41, 5.74) is 7.47. The van der Waals surface area contributed by atoms with Gasteiger partial charge >= 0.3 is 0 Å². The molecule has 0 fully saturated rings. The lowest BCUT2D eigenvalue weighted by molar-refractivity contribution is 0.182. The summed E-state index contributed by atoms with van der Waals surface area (Å²) in [7, 11) is 0. The van der Waals surface area contributed by atoms with Crippen LogP contribution in [0.5, 0.6) is 0 Å². The predicted octanol–water partition coefficient (Wildman–Crippen LogP) is 3.27. The number of thiazole rings is 1. The summed E-state index contributed by atoms with van der Waals surface area (Å²) >= 11 is 1.68. The third-order valence-corrected chi connectivity index (χ3v) is 4.96. The molecule has 1 aliphatic carbocycles. The lowest BCUT2D eigenvalue weighted by Gasteiger charge is -2.35. The number of anilines is 1. The third kappa shape index (κ3) is 2.03. The van der Waals surface area contributed by atoms with Gasteiger partial charge in [0, 0.05) is 4.88 Å². The van der Waals surface area contributed by atoms with Gasteiger partial charge < -0.3 is 5.73 Å². The van der Waals surface area contributed by atoms with Gasteiger partial charge in [-0.3, -0.25) is 0 Å². The molecule has 0 amide bonds. The first-order valence-corrected chi connectivity index (χ1v) is 6.58. The second-order valence-electron chi connectivity index (χ2n) is 5.20. The van der Waals surface area contributed by atoms with Crippen LogP contribution in [0.15, 0.2) is 0 Å². The van der Waals surface area contributed by atoms with Gasteiger partial charge in [-0.05, 0) is 30.6 Å². The van der Waals surface area contributed by atoms with Crippen molar-refractivity contribution in [1.82, 2.24) is 4.98 Å². The van der Waals surface area contributed by atoms with Crippen LogP contribution >= 0.6 is 11.3 Å². The molecule has 2 rings (SSSR count). The molecule has 0 aromatic carbocycles. The van der Waals surface area contributed by atoms with E-state index in [0.29, 0.717) is 5.41 Å². The van der Waals surface area contributed by atoms with Crippen LogP contribution < -0.4 is 5.73 Å². The second kappa shape index (κ2) is 3.78. The van der Waals surface area contributed by atoms with Crippen molar-refractivity contribution in [2.24, 2.45) is 11.3 Å². The van der Waals surface area contributed by atoms with Crippen LogP contribution in [0, 0.1) is 11.3 Å². The molecule has 1 unspecified atom stereocenters. The van der Waals surface area contributed by atoms with Gasteiger partial charge in [-0.25, -0.2) is 4.98 Å². The molecule has 0 bridgehead atoms. The Morgan fingerprint density at radius 3 is 2.93 bits per heavy atom. The topological polar surface area (TPSA) is 38.9 Å². The molecule has 2 N–H and O–H groups in total. The Hall–Kier alpha value is -0.570. The van der Waals surface area contributed by atoms with E-state index in [2.05, 4.69) is 25.8 Å². The molecule has 2 nitrogen and oxygen atoms in total. The van der Waals surface area contributed by atoms with Crippen molar-refractivity contribution in [3.63, 3.8) is 0 Å². The maximum Gasteiger partial charge on any atom is 0.180 e. The summed E-state index contributed by atoms with van der Waals surface area (Å²) in [6, 6.07) is 0. The molecule has 15 heavy (non-hydrogen) atoms. The van der Waals surface area contributed by atoms with E-state index in [-0.39, 0.29) is 0 Å². The molecule has 0 aliphatic heterocycles. The number of rotatable bonds is 2. The van der Waals surface area contributed by atoms with E-state index in [1.807, 2.05) is 0 Å². The number of fused-ring (bicyclic) bond motifs is 1. The molecule has 1 aliphatic rings. The Kier molecular flexibility index (Phi) is 2.75. The summed E-state index contributed by atoms with van der Waals surface area (Å²) < 4.78 is 0. The van der Waals surface area contributed by atoms with Gasteiger partial charge in [-0.2, -0.15) is 0 Å². The maximum absolute atomic E-state index is 5.75.